The van der Waals surface area contributed by atoms with E-state index in [4.69, 9.17) is 16.3 Å². The number of aromatic nitrogens is 2. The maximum absolute atomic E-state index is 5.65. The van der Waals surface area contributed by atoms with Gasteiger partial charge in [-0.2, -0.15) is 0 Å². The van der Waals surface area contributed by atoms with Crippen LogP contribution in [-0.2, 0) is 0 Å². The molecule has 3 nitrogen and oxygen atoms in total. The Labute approximate surface area is 123 Å². The average Bonchev–Trinajstić information content (AvgIpc) is 2.81. The van der Waals surface area contributed by atoms with Gasteiger partial charge in [0.15, 0.2) is 5.16 Å². The minimum Gasteiger partial charge on any atom is -0.494 e. The first-order valence-electron chi connectivity index (χ1n) is 6.65. The van der Waals surface area contributed by atoms with E-state index in [1.807, 2.05) is 25.1 Å². The van der Waals surface area contributed by atoms with E-state index < -0.39 is 0 Å². The number of thioether (sulfide) groups is 1. The average molecular weight is 299 g/mol. The van der Waals surface area contributed by atoms with Crippen LogP contribution in [-0.4, -0.2) is 28.2 Å². The van der Waals surface area contributed by atoms with E-state index in [1.165, 1.54) is 12.8 Å². The number of benzene rings is 1. The summed E-state index contributed by atoms with van der Waals surface area (Å²) in [6.07, 6.45) is 3.46. The number of nitrogens with zero attached hydrogens (tertiary/aromatic N) is 1. The molecule has 0 aliphatic carbocycles. The van der Waals surface area contributed by atoms with Gasteiger partial charge in [-0.3, -0.25) is 0 Å². The van der Waals surface area contributed by atoms with Gasteiger partial charge in [-0.15, -0.1) is 11.6 Å². The molecule has 1 aromatic carbocycles. The fraction of sp³-hybridized carbons (Fsp3) is 0.500. The van der Waals surface area contributed by atoms with Crippen molar-refractivity contribution in [1.82, 2.24) is 9.97 Å². The minimum absolute atomic E-state index is 0.682. The van der Waals surface area contributed by atoms with Gasteiger partial charge < -0.3 is 9.72 Å². The molecule has 0 aliphatic heterocycles. The van der Waals surface area contributed by atoms with Crippen molar-refractivity contribution in [3.05, 3.63) is 18.2 Å². The lowest BCUT2D eigenvalue weighted by atomic mass is 10.3. The lowest BCUT2D eigenvalue weighted by Gasteiger charge is -2.00. The van der Waals surface area contributed by atoms with E-state index in [9.17, 15) is 0 Å². The fourth-order valence-corrected chi connectivity index (χ4v) is 2.91. The standard InChI is InChI=1S/C14H19ClN2OS/c1-2-18-11-6-7-12-13(10-11)17-14(16-12)19-9-5-3-4-8-15/h6-7,10H,2-5,8-9H2,1H3,(H,16,17). The van der Waals surface area contributed by atoms with Crippen LogP contribution in [0.3, 0.4) is 0 Å². The van der Waals surface area contributed by atoms with Crippen LogP contribution >= 0.6 is 23.4 Å². The summed E-state index contributed by atoms with van der Waals surface area (Å²) in [6.45, 7) is 2.67. The van der Waals surface area contributed by atoms with Gasteiger partial charge in [-0.1, -0.05) is 18.2 Å². The van der Waals surface area contributed by atoms with Gasteiger partial charge in [0.05, 0.1) is 17.6 Å². The number of hydrogen-bond donors (Lipinski definition) is 1. The second kappa shape index (κ2) is 7.65. The third-order valence-electron chi connectivity index (χ3n) is 2.76. The largest absolute Gasteiger partial charge is 0.494 e. The third kappa shape index (κ3) is 4.32. The number of H-pyrrole nitrogens is 1. The minimum atomic E-state index is 0.682. The van der Waals surface area contributed by atoms with Crippen LogP contribution in [0.4, 0.5) is 0 Å². The summed E-state index contributed by atoms with van der Waals surface area (Å²) in [5.74, 6) is 2.72. The molecule has 2 aromatic rings. The summed E-state index contributed by atoms with van der Waals surface area (Å²) in [4.78, 5) is 7.89. The molecule has 5 heteroatoms. The van der Waals surface area contributed by atoms with Crippen LogP contribution in [0, 0.1) is 0 Å². The molecule has 19 heavy (non-hydrogen) atoms. The van der Waals surface area contributed by atoms with Crippen molar-refractivity contribution in [2.24, 2.45) is 0 Å². The number of halogens is 1. The number of aromatic amines is 1. The first kappa shape index (κ1) is 14.5. The van der Waals surface area contributed by atoms with Crippen LogP contribution in [0.15, 0.2) is 23.4 Å². The maximum atomic E-state index is 5.65. The van der Waals surface area contributed by atoms with Crippen LogP contribution in [0.5, 0.6) is 5.75 Å². The van der Waals surface area contributed by atoms with E-state index in [2.05, 4.69) is 9.97 Å². The van der Waals surface area contributed by atoms with E-state index in [0.717, 1.165) is 40.0 Å². The van der Waals surface area contributed by atoms with Gasteiger partial charge in [-0.05, 0) is 31.9 Å². The summed E-state index contributed by atoms with van der Waals surface area (Å²) in [5.41, 5.74) is 2.03. The maximum Gasteiger partial charge on any atom is 0.166 e. The first-order valence-corrected chi connectivity index (χ1v) is 8.17. The van der Waals surface area contributed by atoms with Gasteiger partial charge in [0.1, 0.15) is 5.75 Å². The number of fused-ring (bicyclic) bond motifs is 1. The van der Waals surface area contributed by atoms with Gasteiger partial charge in [0.25, 0.3) is 0 Å². The zero-order valence-electron chi connectivity index (χ0n) is 11.1. The Balaban J connectivity index is 1.93. The molecule has 0 fully saturated rings. The lowest BCUT2D eigenvalue weighted by Crippen LogP contribution is -1.90. The highest BCUT2D eigenvalue weighted by atomic mass is 35.5. The smallest absolute Gasteiger partial charge is 0.166 e. The summed E-state index contributed by atoms with van der Waals surface area (Å²) in [5, 5.41) is 0.981. The van der Waals surface area contributed by atoms with Crippen molar-refractivity contribution in [1.29, 1.82) is 0 Å². The van der Waals surface area contributed by atoms with Crippen LogP contribution in [0.1, 0.15) is 26.2 Å². The number of imidazole rings is 1. The van der Waals surface area contributed by atoms with Crippen molar-refractivity contribution >= 4 is 34.4 Å². The number of unbranched alkanes of at least 4 members (excludes halogenated alkanes) is 2. The molecule has 0 saturated carbocycles. The Morgan fingerprint density at radius 3 is 3.00 bits per heavy atom. The molecule has 0 radical (unpaired) electrons. The summed E-state index contributed by atoms with van der Waals surface area (Å²) >= 11 is 7.42. The predicted octanol–water partition coefficient (Wildman–Crippen LogP) is 4.46. The normalized spacial score (nSPS) is 11.1. The Bertz CT molecular complexity index is 515. The first-order chi connectivity index (χ1) is 9.33. The number of alkyl halides is 1. The molecule has 104 valence electrons. The van der Waals surface area contributed by atoms with E-state index in [-0.39, 0.29) is 0 Å². The van der Waals surface area contributed by atoms with Gasteiger partial charge in [-0.25, -0.2) is 4.98 Å². The van der Waals surface area contributed by atoms with Gasteiger partial charge in [0, 0.05) is 17.7 Å². The second-order valence-corrected chi connectivity index (χ2v) is 5.71. The summed E-state index contributed by atoms with van der Waals surface area (Å²) in [6, 6.07) is 5.96. The number of hydrogen-bond acceptors (Lipinski definition) is 3. The molecule has 1 N–H and O–H groups in total. The predicted molar refractivity (Wildman–Crippen MR) is 82.6 cm³/mol. The molecule has 0 spiro atoms. The zero-order chi connectivity index (χ0) is 13.5. The zero-order valence-corrected chi connectivity index (χ0v) is 12.7. The van der Waals surface area contributed by atoms with Crippen molar-refractivity contribution in [3.8, 4) is 5.75 Å². The molecule has 1 aromatic heterocycles. The van der Waals surface area contributed by atoms with Crippen molar-refractivity contribution < 1.29 is 4.74 Å². The molecule has 0 bridgehead atoms. The van der Waals surface area contributed by atoms with Gasteiger partial charge >= 0.3 is 0 Å². The van der Waals surface area contributed by atoms with E-state index in [1.54, 1.807) is 11.8 Å². The third-order valence-corrected chi connectivity index (χ3v) is 3.99. The highest BCUT2D eigenvalue weighted by Gasteiger charge is 2.04. The Morgan fingerprint density at radius 2 is 2.21 bits per heavy atom. The highest BCUT2D eigenvalue weighted by molar-refractivity contribution is 7.99. The molecule has 0 saturated heterocycles. The molecule has 0 unspecified atom stereocenters. The van der Waals surface area contributed by atoms with E-state index >= 15 is 0 Å². The van der Waals surface area contributed by atoms with E-state index in [0.29, 0.717) is 6.61 Å². The molecular formula is C14H19ClN2OS. The quantitative estimate of drug-likeness (QED) is 0.444. The second-order valence-electron chi connectivity index (χ2n) is 4.25. The topological polar surface area (TPSA) is 37.9 Å². The molecule has 0 amide bonds. The molecule has 2 rings (SSSR count). The number of rotatable bonds is 8. The highest BCUT2D eigenvalue weighted by Crippen LogP contribution is 2.24. The molecule has 0 atom stereocenters. The molecule has 1 heterocycles. The monoisotopic (exact) mass is 298 g/mol. The van der Waals surface area contributed by atoms with Crippen molar-refractivity contribution in [2.75, 3.05) is 18.2 Å². The molecular weight excluding hydrogens is 280 g/mol. The van der Waals surface area contributed by atoms with Crippen molar-refractivity contribution in [2.45, 2.75) is 31.3 Å². The van der Waals surface area contributed by atoms with Crippen LogP contribution in [0.2, 0.25) is 0 Å². The lowest BCUT2D eigenvalue weighted by molar-refractivity contribution is 0.340. The molecule has 0 aliphatic rings. The fourth-order valence-electron chi connectivity index (χ4n) is 1.83. The Kier molecular flexibility index (Phi) is 5.86. The Morgan fingerprint density at radius 1 is 1.32 bits per heavy atom. The van der Waals surface area contributed by atoms with Crippen LogP contribution in [0.25, 0.3) is 11.0 Å². The summed E-state index contributed by atoms with van der Waals surface area (Å²) < 4.78 is 5.48. The number of nitrogens with one attached hydrogen (secondary N) is 1. The number of ether oxygens (including phenoxy) is 1. The Hall–Kier alpha value is -0.870. The van der Waals surface area contributed by atoms with Gasteiger partial charge in [0.2, 0.25) is 0 Å². The summed E-state index contributed by atoms with van der Waals surface area (Å²) in [7, 11) is 0. The van der Waals surface area contributed by atoms with Crippen molar-refractivity contribution in [3.63, 3.8) is 0 Å². The van der Waals surface area contributed by atoms with Crippen LogP contribution < -0.4 is 4.74 Å². The SMILES string of the molecule is CCOc1ccc2nc(SCCCCCCl)[nH]c2c1.